The van der Waals surface area contributed by atoms with Crippen molar-refractivity contribution in [2.24, 2.45) is 0 Å². The number of para-hydroxylation sites is 1. The summed E-state index contributed by atoms with van der Waals surface area (Å²) < 4.78 is 13.4. The third-order valence-electron chi connectivity index (χ3n) is 3.33. The molecule has 1 unspecified atom stereocenters. The van der Waals surface area contributed by atoms with Crippen molar-refractivity contribution in [1.82, 2.24) is 4.90 Å². The van der Waals surface area contributed by atoms with E-state index in [9.17, 15) is 14.0 Å². The Morgan fingerprint density at radius 1 is 1.38 bits per heavy atom. The summed E-state index contributed by atoms with van der Waals surface area (Å²) >= 11 is 0. The van der Waals surface area contributed by atoms with Gasteiger partial charge in [0.25, 0.3) is 0 Å². The summed E-state index contributed by atoms with van der Waals surface area (Å²) in [5, 5.41) is 11.4. The highest BCUT2D eigenvalue weighted by Crippen LogP contribution is 2.13. The van der Waals surface area contributed by atoms with Crippen molar-refractivity contribution in [3.8, 4) is 0 Å². The number of hydrogen-bond donors (Lipinski definition) is 2. The van der Waals surface area contributed by atoms with Gasteiger partial charge in [0.05, 0.1) is 12.2 Å². The molecule has 0 aliphatic carbocycles. The minimum absolute atomic E-state index is 0.0716. The van der Waals surface area contributed by atoms with Crippen LogP contribution in [0.3, 0.4) is 0 Å². The molecule has 1 aromatic carbocycles. The van der Waals surface area contributed by atoms with Crippen molar-refractivity contribution < 1.29 is 19.1 Å². The quantitative estimate of drug-likeness (QED) is 0.772. The molecule has 0 spiro atoms. The van der Waals surface area contributed by atoms with Gasteiger partial charge >= 0.3 is 5.97 Å². The molecule has 1 aromatic rings. The smallest absolute Gasteiger partial charge is 0.317 e. The predicted molar refractivity (Wildman–Crippen MR) is 78.6 cm³/mol. The second kappa shape index (κ2) is 8.36. The maximum Gasteiger partial charge on any atom is 0.317 e. The fourth-order valence-electron chi connectivity index (χ4n) is 1.91. The SMILES string of the molecule is CCC(C)N(CCC(=O)Nc1ccccc1F)CC(=O)O. The molecule has 1 atom stereocenters. The van der Waals surface area contributed by atoms with Crippen molar-refractivity contribution in [3.05, 3.63) is 30.1 Å². The predicted octanol–water partition coefficient (Wildman–Crippen LogP) is 2.34. The number of hydrogen-bond acceptors (Lipinski definition) is 3. The molecule has 0 bridgehead atoms. The van der Waals surface area contributed by atoms with Crippen LogP contribution in [0, 0.1) is 5.82 Å². The molecule has 0 aliphatic rings. The first-order valence-electron chi connectivity index (χ1n) is 6.94. The number of nitrogens with zero attached hydrogens (tertiary/aromatic N) is 1. The number of benzene rings is 1. The molecule has 0 fully saturated rings. The monoisotopic (exact) mass is 296 g/mol. The Labute approximate surface area is 123 Å². The second-order valence-electron chi connectivity index (χ2n) is 4.90. The van der Waals surface area contributed by atoms with Gasteiger partial charge in [0.15, 0.2) is 0 Å². The van der Waals surface area contributed by atoms with Gasteiger partial charge < -0.3 is 10.4 Å². The molecule has 0 aromatic heterocycles. The van der Waals surface area contributed by atoms with E-state index in [2.05, 4.69) is 5.32 Å². The lowest BCUT2D eigenvalue weighted by Gasteiger charge is -2.26. The highest BCUT2D eigenvalue weighted by molar-refractivity contribution is 5.90. The van der Waals surface area contributed by atoms with E-state index in [1.54, 1.807) is 17.0 Å². The average molecular weight is 296 g/mol. The largest absolute Gasteiger partial charge is 0.480 e. The van der Waals surface area contributed by atoms with Crippen molar-refractivity contribution in [1.29, 1.82) is 0 Å². The summed E-state index contributed by atoms with van der Waals surface area (Å²) in [6.07, 6.45) is 0.911. The first-order chi connectivity index (χ1) is 9.93. The summed E-state index contributed by atoms with van der Waals surface area (Å²) in [4.78, 5) is 24.4. The minimum atomic E-state index is -0.926. The van der Waals surface area contributed by atoms with Crippen LogP contribution in [0.5, 0.6) is 0 Å². The maximum atomic E-state index is 13.4. The van der Waals surface area contributed by atoms with Crippen LogP contribution in [0.25, 0.3) is 0 Å². The Morgan fingerprint density at radius 2 is 2.05 bits per heavy atom. The van der Waals surface area contributed by atoms with E-state index < -0.39 is 11.8 Å². The number of carboxylic acid groups (broad SMARTS) is 1. The highest BCUT2D eigenvalue weighted by Gasteiger charge is 2.17. The molecule has 1 amide bonds. The molecule has 21 heavy (non-hydrogen) atoms. The molecule has 0 heterocycles. The normalized spacial score (nSPS) is 12.2. The Hall–Kier alpha value is -1.95. The van der Waals surface area contributed by atoms with E-state index >= 15 is 0 Å². The van der Waals surface area contributed by atoms with Crippen LogP contribution in [-0.4, -0.2) is 41.0 Å². The Morgan fingerprint density at radius 3 is 2.62 bits per heavy atom. The van der Waals surface area contributed by atoms with E-state index in [1.165, 1.54) is 12.1 Å². The molecule has 0 saturated carbocycles. The maximum absolute atomic E-state index is 13.4. The molecule has 0 radical (unpaired) electrons. The van der Waals surface area contributed by atoms with Gasteiger partial charge in [0.1, 0.15) is 5.82 Å². The number of carbonyl (C=O) groups excluding carboxylic acids is 1. The van der Waals surface area contributed by atoms with Crippen molar-refractivity contribution >= 4 is 17.6 Å². The molecular formula is C15H21FN2O3. The fraction of sp³-hybridized carbons (Fsp3) is 0.467. The van der Waals surface area contributed by atoms with Crippen molar-refractivity contribution in [2.75, 3.05) is 18.4 Å². The van der Waals surface area contributed by atoms with Crippen LogP contribution in [0.4, 0.5) is 10.1 Å². The van der Waals surface area contributed by atoms with E-state index in [0.29, 0.717) is 6.54 Å². The van der Waals surface area contributed by atoms with Gasteiger partial charge in [-0.05, 0) is 25.5 Å². The van der Waals surface area contributed by atoms with Crippen LogP contribution < -0.4 is 5.32 Å². The van der Waals surface area contributed by atoms with Gasteiger partial charge in [-0.1, -0.05) is 19.1 Å². The molecule has 116 valence electrons. The zero-order valence-electron chi connectivity index (χ0n) is 12.3. The van der Waals surface area contributed by atoms with Crippen LogP contribution >= 0.6 is 0 Å². The Kier molecular flexibility index (Phi) is 6.81. The molecule has 0 aliphatic heterocycles. The summed E-state index contributed by atoms with van der Waals surface area (Å²) in [6, 6.07) is 6.00. The first kappa shape index (κ1) is 17.1. The fourth-order valence-corrected chi connectivity index (χ4v) is 1.91. The van der Waals surface area contributed by atoms with Crippen LogP contribution in [-0.2, 0) is 9.59 Å². The summed E-state index contributed by atoms with van der Waals surface area (Å²) in [5.41, 5.74) is 0.135. The summed E-state index contributed by atoms with van der Waals surface area (Å²) in [7, 11) is 0. The van der Waals surface area contributed by atoms with Crippen molar-refractivity contribution in [2.45, 2.75) is 32.7 Å². The standard InChI is InChI=1S/C15H21FN2O3/c1-3-11(2)18(10-15(20)21)9-8-14(19)17-13-7-5-4-6-12(13)16/h4-7,11H,3,8-10H2,1-2H3,(H,17,19)(H,20,21). The van der Waals surface area contributed by atoms with Gasteiger partial charge in [0, 0.05) is 19.0 Å². The number of carbonyl (C=O) groups is 2. The van der Waals surface area contributed by atoms with E-state index in [1.807, 2.05) is 13.8 Å². The van der Waals surface area contributed by atoms with Crippen molar-refractivity contribution in [3.63, 3.8) is 0 Å². The number of rotatable bonds is 8. The molecule has 0 saturated heterocycles. The lowest BCUT2D eigenvalue weighted by Crippen LogP contribution is -2.39. The van der Waals surface area contributed by atoms with Gasteiger partial charge in [-0.3, -0.25) is 14.5 Å². The number of amides is 1. The van der Waals surface area contributed by atoms with E-state index in [0.717, 1.165) is 6.42 Å². The zero-order chi connectivity index (χ0) is 15.8. The first-order valence-corrected chi connectivity index (χ1v) is 6.94. The Bertz CT molecular complexity index is 494. The van der Waals surface area contributed by atoms with E-state index in [-0.39, 0.29) is 30.6 Å². The minimum Gasteiger partial charge on any atom is -0.480 e. The van der Waals surface area contributed by atoms with Crippen LogP contribution in [0.2, 0.25) is 0 Å². The van der Waals surface area contributed by atoms with Gasteiger partial charge in [0.2, 0.25) is 5.91 Å². The number of aliphatic carboxylic acids is 1. The second-order valence-corrected chi connectivity index (χ2v) is 4.90. The lowest BCUT2D eigenvalue weighted by molar-refractivity contribution is -0.139. The number of anilines is 1. The number of halogens is 1. The molecular weight excluding hydrogens is 275 g/mol. The molecule has 1 rings (SSSR count). The lowest BCUT2D eigenvalue weighted by atomic mass is 10.2. The summed E-state index contributed by atoms with van der Waals surface area (Å²) in [5.74, 6) is -1.75. The highest BCUT2D eigenvalue weighted by atomic mass is 19.1. The number of carboxylic acids is 1. The van der Waals surface area contributed by atoms with E-state index in [4.69, 9.17) is 5.11 Å². The zero-order valence-corrected chi connectivity index (χ0v) is 12.3. The molecule has 2 N–H and O–H groups in total. The van der Waals surface area contributed by atoms with Crippen LogP contribution in [0.15, 0.2) is 24.3 Å². The van der Waals surface area contributed by atoms with Crippen LogP contribution in [0.1, 0.15) is 26.7 Å². The van der Waals surface area contributed by atoms with Gasteiger partial charge in [-0.25, -0.2) is 4.39 Å². The average Bonchev–Trinajstić information content (AvgIpc) is 2.44. The van der Waals surface area contributed by atoms with Gasteiger partial charge in [-0.15, -0.1) is 0 Å². The molecule has 5 nitrogen and oxygen atoms in total. The third-order valence-corrected chi connectivity index (χ3v) is 3.33. The molecule has 6 heteroatoms. The topological polar surface area (TPSA) is 69.6 Å². The summed E-state index contributed by atoms with van der Waals surface area (Å²) in [6.45, 7) is 4.08. The third kappa shape index (κ3) is 5.91. The van der Waals surface area contributed by atoms with Gasteiger partial charge in [-0.2, -0.15) is 0 Å². The Balaban J connectivity index is 2.53. The number of nitrogens with one attached hydrogen (secondary N) is 1.